The summed E-state index contributed by atoms with van der Waals surface area (Å²) in [4.78, 5) is 13.6. The number of nitrogens with two attached hydrogens (primary N) is 1. The van der Waals surface area contributed by atoms with Crippen molar-refractivity contribution in [1.29, 1.82) is 0 Å². The van der Waals surface area contributed by atoms with E-state index in [1.54, 1.807) is 11.3 Å². The number of rotatable bonds is 3. The molecule has 3 N–H and O–H groups in total. The van der Waals surface area contributed by atoms with Crippen molar-refractivity contribution < 1.29 is 4.79 Å². The van der Waals surface area contributed by atoms with Crippen LogP contribution in [0, 0.1) is 17.8 Å². The maximum Gasteiger partial charge on any atom is 0.225 e. The lowest BCUT2D eigenvalue weighted by atomic mass is 9.84. The minimum Gasteiger partial charge on any atom is -0.348 e. The van der Waals surface area contributed by atoms with Gasteiger partial charge in [-0.05, 0) is 49.5 Å². The number of thiophene rings is 1. The van der Waals surface area contributed by atoms with Crippen LogP contribution in [-0.4, -0.2) is 11.9 Å². The second kappa shape index (κ2) is 4.67. The summed E-state index contributed by atoms with van der Waals surface area (Å²) >= 11 is 1.69. The molecule has 5 atom stereocenters. The monoisotopic (exact) mass is 264 g/mol. The number of nitrogens with one attached hydrogen (secondary N) is 1. The third kappa shape index (κ3) is 1.97. The summed E-state index contributed by atoms with van der Waals surface area (Å²) in [5.41, 5.74) is 6.20. The summed E-state index contributed by atoms with van der Waals surface area (Å²) < 4.78 is 0. The van der Waals surface area contributed by atoms with E-state index < -0.39 is 0 Å². The van der Waals surface area contributed by atoms with Crippen LogP contribution in [0.4, 0.5) is 0 Å². The van der Waals surface area contributed by atoms with Gasteiger partial charge in [-0.1, -0.05) is 6.07 Å². The second-order valence-electron chi connectivity index (χ2n) is 5.68. The van der Waals surface area contributed by atoms with Gasteiger partial charge in [0.1, 0.15) is 0 Å². The third-order valence-electron chi connectivity index (χ3n) is 4.61. The summed E-state index contributed by atoms with van der Waals surface area (Å²) in [7, 11) is 0. The SMILES string of the molecule is C[C@H](NC(=O)C1C2CCC(C2)C1N)c1cccs1. The van der Waals surface area contributed by atoms with Crippen molar-refractivity contribution in [3.8, 4) is 0 Å². The number of carbonyl (C=O) groups excluding carboxylic acids is 1. The molecule has 0 saturated heterocycles. The van der Waals surface area contributed by atoms with Crippen molar-refractivity contribution in [1.82, 2.24) is 5.32 Å². The molecule has 1 aromatic rings. The molecule has 4 unspecified atom stereocenters. The Morgan fingerprint density at radius 3 is 2.89 bits per heavy atom. The van der Waals surface area contributed by atoms with E-state index >= 15 is 0 Å². The first-order valence-electron chi connectivity index (χ1n) is 6.76. The highest BCUT2D eigenvalue weighted by molar-refractivity contribution is 7.10. The molecule has 2 bridgehead atoms. The zero-order valence-corrected chi connectivity index (χ0v) is 11.5. The summed E-state index contributed by atoms with van der Waals surface area (Å²) in [5.74, 6) is 1.32. The van der Waals surface area contributed by atoms with Gasteiger partial charge in [0.25, 0.3) is 0 Å². The number of hydrogen-bond acceptors (Lipinski definition) is 3. The normalized spacial score (nSPS) is 35.7. The predicted octanol–water partition coefficient (Wildman–Crippen LogP) is 2.30. The van der Waals surface area contributed by atoms with E-state index in [-0.39, 0.29) is 23.9 Å². The molecular formula is C14H20N2OS. The summed E-state index contributed by atoms with van der Waals surface area (Å²) in [6.45, 7) is 2.04. The van der Waals surface area contributed by atoms with E-state index in [4.69, 9.17) is 5.73 Å². The van der Waals surface area contributed by atoms with Crippen LogP contribution in [0.2, 0.25) is 0 Å². The van der Waals surface area contributed by atoms with E-state index in [0.29, 0.717) is 11.8 Å². The fourth-order valence-corrected chi connectivity index (χ4v) is 4.38. The van der Waals surface area contributed by atoms with E-state index in [1.807, 2.05) is 18.4 Å². The Morgan fingerprint density at radius 1 is 1.50 bits per heavy atom. The van der Waals surface area contributed by atoms with Crippen LogP contribution in [0.5, 0.6) is 0 Å². The summed E-state index contributed by atoms with van der Waals surface area (Å²) in [5, 5.41) is 5.17. The van der Waals surface area contributed by atoms with Crippen LogP contribution in [-0.2, 0) is 4.79 Å². The molecule has 98 valence electrons. The van der Waals surface area contributed by atoms with Crippen molar-refractivity contribution in [2.75, 3.05) is 0 Å². The Bertz CT molecular complexity index is 429. The molecule has 18 heavy (non-hydrogen) atoms. The van der Waals surface area contributed by atoms with E-state index in [0.717, 1.165) is 6.42 Å². The van der Waals surface area contributed by atoms with Gasteiger partial charge in [0.2, 0.25) is 5.91 Å². The molecule has 3 rings (SSSR count). The van der Waals surface area contributed by atoms with Crippen molar-refractivity contribution in [2.45, 2.75) is 38.3 Å². The largest absolute Gasteiger partial charge is 0.348 e. The zero-order valence-electron chi connectivity index (χ0n) is 10.6. The number of amides is 1. The molecule has 1 amide bonds. The molecule has 2 aliphatic carbocycles. The molecule has 3 nitrogen and oxygen atoms in total. The molecule has 0 spiro atoms. The second-order valence-corrected chi connectivity index (χ2v) is 6.66. The van der Waals surface area contributed by atoms with Crippen LogP contribution in [0.15, 0.2) is 17.5 Å². The van der Waals surface area contributed by atoms with Crippen LogP contribution in [0.25, 0.3) is 0 Å². The van der Waals surface area contributed by atoms with Gasteiger partial charge in [0.15, 0.2) is 0 Å². The smallest absolute Gasteiger partial charge is 0.225 e. The highest BCUT2D eigenvalue weighted by Crippen LogP contribution is 2.47. The first kappa shape index (κ1) is 12.2. The van der Waals surface area contributed by atoms with E-state index in [2.05, 4.69) is 11.4 Å². The number of carbonyl (C=O) groups is 1. The lowest BCUT2D eigenvalue weighted by molar-refractivity contribution is -0.127. The molecule has 2 fully saturated rings. The minimum absolute atomic E-state index is 0.0474. The van der Waals surface area contributed by atoms with Gasteiger partial charge >= 0.3 is 0 Å². The van der Waals surface area contributed by atoms with E-state index in [9.17, 15) is 4.79 Å². The lowest BCUT2D eigenvalue weighted by Crippen LogP contribution is -2.45. The standard InChI is InChI=1S/C14H20N2OS/c1-8(11-3-2-6-18-11)16-14(17)12-9-4-5-10(7-9)13(12)15/h2-3,6,8-10,12-13H,4-5,7,15H2,1H3,(H,16,17)/t8-,9?,10?,12?,13?/m0/s1. The zero-order chi connectivity index (χ0) is 12.7. The summed E-state index contributed by atoms with van der Waals surface area (Å²) in [6, 6.07) is 4.27. The van der Waals surface area contributed by atoms with Gasteiger partial charge in [0.05, 0.1) is 12.0 Å². The van der Waals surface area contributed by atoms with Gasteiger partial charge in [0, 0.05) is 10.9 Å². The van der Waals surface area contributed by atoms with Crippen molar-refractivity contribution >= 4 is 17.2 Å². The first-order valence-corrected chi connectivity index (χ1v) is 7.64. The Labute approximate surface area is 112 Å². The maximum absolute atomic E-state index is 12.4. The fourth-order valence-electron chi connectivity index (χ4n) is 3.64. The molecule has 0 aliphatic heterocycles. The topological polar surface area (TPSA) is 55.1 Å². The highest BCUT2D eigenvalue weighted by Gasteiger charge is 2.49. The van der Waals surface area contributed by atoms with Crippen molar-refractivity contribution in [3.63, 3.8) is 0 Å². The Morgan fingerprint density at radius 2 is 2.28 bits per heavy atom. The van der Waals surface area contributed by atoms with Gasteiger partial charge in [-0.15, -0.1) is 11.3 Å². The van der Waals surface area contributed by atoms with Gasteiger partial charge < -0.3 is 11.1 Å². The molecule has 1 aromatic heterocycles. The first-order chi connectivity index (χ1) is 8.66. The molecular weight excluding hydrogens is 244 g/mol. The Hall–Kier alpha value is -0.870. The van der Waals surface area contributed by atoms with Gasteiger partial charge in [-0.2, -0.15) is 0 Å². The quantitative estimate of drug-likeness (QED) is 0.880. The average molecular weight is 264 g/mol. The Balaban J connectivity index is 1.65. The fraction of sp³-hybridized carbons (Fsp3) is 0.643. The molecule has 1 heterocycles. The molecule has 0 aromatic carbocycles. The molecule has 0 radical (unpaired) electrons. The van der Waals surface area contributed by atoms with Crippen molar-refractivity contribution in [3.05, 3.63) is 22.4 Å². The van der Waals surface area contributed by atoms with Gasteiger partial charge in [-0.3, -0.25) is 4.79 Å². The van der Waals surface area contributed by atoms with Gasteiger partial charge in [-0.25, -0.2) is 0 Å². The molecule has 2 saturated carbocycles. The average Bonchev–Trinajstić information content (AvgIpc) is 3.05. The Kier molecular flexibility index (Phi) is 3.16. The minimum atomic E-state index is 0.0474. The number of hydrogen-bond donors (Lipinski definition) is 2. The van der Waals surface area contributed by atoms with E-state index in [1.165, 1.54) is 17.7 Å². The highest BCUT2D eigenvalue weighted by atomic mass is 32.1. The lowest BCUT2D eigenvalue weighted by Gasteiger charge is -2.28. The van der Waals surface area contributed by atoms with Crippen LogP contribution in [0.1, 0.15) is 37.1 Å². The third-order valence-corrected chi connectivity index (χ3v) is 5.67. The van der Waals surface area contributed by atoms with Crippen LogP contribution >= 0.6 is 11.3 Å². The maximum atomic E-state index is 12.4. The predicted molar refractivity (Wildman–Crippen MR) is 73.2 cm³/mol. The van der Waals surface area contributed by atoms with Crippen LogP contribution in [0.3, 0.4) is 0 Å². The van der Waals surface area contributed by atoms with Crippen molar-refractivity contribution in [2.24, 2.45) is 23.5 Å². The molecule has 2 aliphatic rings. The number of fused-ring (bicyclic) bond motifs is 2. The van der Waals surface area contributed by atoms with Crippen LogP contribution < -0.4 is 11.1 Å². The summed E-state index contributed by atoms with van der Waals surface area (Å²) in [6.07, 6.45) is 3.56. The molecule has 4 heteroatoms.